The zero-order chi connectivity index (χ0) is 21.9. The summed E-state index contributed by atoms with van der Waals surface area (Å²) in [5, 5.41) is 2.08. The lowest BCUT2D eigenvalue weighted by Gasteiger charge is -2.17. The molecule has 32 heavy (non-hydrogen) atoms. The van der Waals surface area contributed by atoms with E-state index in [4.69, 9.17) is 17.0 Å². The first-order valence-electron chi connectivity index (χ1n) is 10.2. The first kappa shape index (κ1) is 20.5. The van der Waals surface area contributed by atoms with Crippen LogP contribution in [-0.2, 0) is 11.4 Å². The zero-order valence-electron chi connectivity index (χ0n) is 17.1. The lowest BCUT2D eigenvalue weighted by atomic mass is 10.1. The largest absolute Gasteiger partial charge is 0.489 e. The van der Waals surface area contributed by atoms with Gasteiger partial charge in [0.15, 0.2) is 4.32 Å². The number of rotatable bonds is 5. The minimum Gasteiger partial charge on any atom is -0.489 e. The van der Waals surface area contributed by atoms with Crippen molar-refractivity contribution in [3.63, 3.8) is 0 Å². The van der Waals surface area contributed by atoms with Gasteiger partial charge >= 0.3 is 0 Å². The second kappa shape index (κ2) is 8.99. The zero-order valence-corrected chi connectivity index (χ0v) is 18.7. The number of amides is 1. The number of nitrogens with zero attached hydrogens (tertiary/aromatic N) is 1. The molecule has 0 bridgehead atoms. The molecule has 0 radical (unpaired) electrons. The maximum Gasteiger partial charge on any atom is 0.270 e. The Balaban J connectivity index is 1.35. The van der Waals surface area contributed by atoms with Gasteiger partial charge in [-0.25, -0.2) is 0 Å². The number of benzene rings is 4. The Kier molecular flexibility index (Phi) is 5.75. The molecular formula is C27H19NO2S2. The second-order valence-electron chi connectivity index (χ2n) is 7.36. The van der Waals surface area contributed by atoms with E-state index in [2.05, 4.69) is 0 Å². The van der Waals surface area contributed by atoms with Gasteiger partial charge in [-0.3, -0.25) is 9.69 Å². The number of ether oxygens (including phenoxy) is 1. The number of anilines is 1. The SMILES string of the molecule is O=C1/C(=C/c2ccc(OCc3ccccc3)cc2)SC(=S)N1c1cccc2ccccc12. The van der Waals surface area contributed by atoms with Crippen molar-refractivity contribution in [2.45, 2.75) is 6.61 Å². The van der Waals surface area contributed by atoms with E-state index < -0.39 is 0 Å². The Morgan fingerprint density at radius 3 is 2.38 bits per heavy atom. The minimum absolute atomic E-state index is 0.0965. The van der Waals surface area contributed by atoms with Crippen LogP contribution in [0.1, 0.15) is 11.1 Å². The van der Waals surface area contributed by atoms with Gasteiger partial charge in [-0.15, -0.1) is 0 Å². The molecule has 0 N–H and O–H groups in total. The molecule has 156 valence electrons. The summed E-state index contributed by atoms with van der Waals surface area (Å²) in [7, 11) is 0. The molecule has 5 rings (SSSR count). The maximum absolute atomic E-state index is 13.2. The Labute approximate surface area is 196 Å². The highest BCUT2D eigenvalue weighted by molar-refractivity contribution is 8.27. The van der Waals surface area contributed by atoms with Crippen LogP contribution in [0.3, 0.4) is 0 Å². The summed E-state index contributed by atoms with van der Waals surface area (Å²) in [6.07, 6.45) is 1.88. The number of thiocarbonyl (C=S) groups is 1. The molecule has 0 atom stereocenters. The van der Waals surface area contributed by atoms with Crippen LogP contribution in [0.15, 0.2) is 102 Å². The van der Waals surface area contributed by atoms with E-state index in [9.17, 15) is 4.79 Å². The summed E-state index contributed by atoms with van der Waals surface area (Å²) in [4.78, 5) is 15.5. The van der Waals surface area contributed by atoms with Crippen molar-refractivity contribution in [3.8, 4) is 5.75 Å². The van der Waals surface area contributed by atoms with E-state index in [0.29, 0.717) is 15.8 Å². The molecule has 1 saturated heterocycles. The summed E-state index contributed by atoms with van der Waals surface area (Å²) in [5.74, 6) is 0.690. The predicted molar refractivity (Wildman–Crippen MR) is 137 cm³/mol. The van der Waals surface area contributed by atoms with Crippen LogP contribution in [-0.4, -0.2) is 10.2 Å². The van der Waals surface area contributed by atoms with Crippen LogP contribution in [0, 0.1) is 0 Å². The molecule has 1 aliphatic heterocycles. The Bertz CT molecular complexity index is 1330. The molecule has 0 saturated carbocycles. The predicted octanol–water partition coefficient (Wildman–Crippen LogP) is 6.82. The summed E-state index contributed by atoms with van der Waals surface area (Å²) in [6, 6.07) is 31.7. The minimum atomic E-state index is -0.0965. The lowest BCUT2D eigenvalue weighted by molar-refractivity contribution is -0.113. The van der Waals surface area contributed by atoms with Crippen molar-refractivity contribution >= 4 is 56.7 Å². The molecule has 1 amide bonds. The van der Waals surface area contributed by atoms with Crippen molar-refractivity contribution in [1.82, 2.24) is 0 Å². The highest BCUT2D eigenvalue weighted by atomic mass is 32.2. The molecule has 1 aliphatic rings. The van der Waals surface area contributed by atoms with Crippen LogP contribution in [0.5, 0.6) is 5.75 Å². The van der Waals surface area contributed by atoms with E-state index in [-0.39, 0.29) is 5.91 Å². The van der Waals surface area contributed by atoms with Crippen LogP contribution in [0.2, 0.25) is 0 Å². The fourth-order valence-electron chi connectivity index (χ4n) is 3.63. The highest BCUT2D eigenvalue weighted by Crippen LogP contribution is 2.39. The van der Waals surface area contributed by atoms with Crippen LogP contribution in [0.4, 0.5) is 5.69 Å². The number of carbonyl (C=O) groups is 1. The van der Waals surface area contributed by atoms with Gasteiger partial charge in [-0.1, -0.05) is 103 Å². The second-order valence-corrected chi connectivity index (χ2v) is 9.03. The monoisotopic (exact) mass is 453 g/mol. The van der Waals surface area contributed by atoms with E-state index in [0.717, 1.165) is 33.3 Å². The molecule has 0 aromatic heterocycles. The molecule has 0 unspecified atom stereocenters. The number of thioether (sulfide) groups is 1. The summed E-state index contributed by atoms with van der Waals surface area (Å²) in [6.45, 7) is 0.518. The van der Waals surface area contributed by atoms with E-state index in [1.54, 1.807) is 4.90 Å². The van der Waals surface area contributed by atoms with Crippen molar-refractivity contribution in [3.05, 3.63) is 113 Å². The maximum atomic E-state index is 13.2. The average Bonchev–Trinajstić information content (AvgIpc) is 3.11. The van der Waals surface area contributed by atoms with Gasteiger partial charge in [-0.05, 0) is 40.8 Å². The molecule has 1 heterocycles. The van der Waals surface area contributed by atoms with Gasteiger partial charge in [0.2, 0.25) is 0 Å². The third-order valence-electron chi connectivity index (χ3n) is 5.23. The molecule has 3 nitrogen and oxygen atoms in total. The summed E-state index contributed by atoms with van der Waals surface area (Å²) < 4.78 is 6.39. The van der Waals surface area contributed by atoms with Gasteiger partial charge in [0.1, 0.15) is 12.4 Å². The third kappa shape index (κ3) is 4.17. The standard InChI is InChI=1S/C27H19NO2S2/c29-26-25(17-19-13-15-22(16-14-19)30-18-20-7-2-1-3-8-20)32-27(31)28(26)24-12-6-10-21-9-4-5-11-23(21)24/h1-17H,18H2/b25-17-. The smallest absolute Gasteiger partial charge is 0.270 e. The highest BCUT2D eigenvalue weighted by Gasteiger charge is 2.34. The van der Waals surface area contributed by atoms with E-state index in [1.807, 2.05) is 103 Å². The van der Waals surface area contributed by atoms with Crippen molar-refractivity contribution in [2.75, 3.05) is 4.90 Å². The molecule has 0 aliphatic carbocycles. The van der Waals surface area contributed by atoms with Crippen molar-refractivity contribution < 1.29 is 9.53 Å². The number of hydrogen-bond donors (Lipinski definition) is 0. The Morgan fingerprint density at radius 2 is 1.56 bits per heavy atom. The Hall–Kier alpha value is -3.41. The number of fused-ring (bicyclic) bond motifs is 1. The molecule has 1 fully saturated rings. The first-order valence-corrected chi connectivity index (χ1v) is 11.4. The fourth-order valence-corrected chi connectivity index (χ4v) is 4.92. The van der Waals surface area contributed by atoms with Gasteiger partial charge in [0, 0.05) is 5.39 Å². The van der Waals surface area contributed by atoms with Gasteiger partial charge < -0.3 is 4.74 Å². The quantitative estimate of drug-likeness (QED) is 0.245. The molecule has 5 heteroatoms. The van der Waals surface area contributed by atoms with Gasteiger partial charge in [-0.2, -0.15) is 0 Å². The summed E-state index contributed by atoms with van der Waals surface area (Å²) >= 11 is 6.89. The number of hydrogen-bond acceptors (Lipinski definition) is 4. The van der Waals surface area contributed by atoms with Gasteiger partial charge in [0.05, 0.1) is 10.6 Å². The molecule has 4 aromatic rings. The average molecular weight is 454 g/mol. The fraction of sp³-hybridized carbons (Fsp3) is 0.0370. The Morgan fingerprint density at radius 1 is 0.844 bits per heavy atom. The lowest BCUT2D eigenvalue weighted by Crippen LogP contribution is -2.27. The van der Waals surface area contributed by atoms with Crippen molar-refractivity contribution in [1.29, 1.82) is 0 Å². The van der Waals surface area contributed by atoms with E-state index >= 15 is 0 Å². The molecular weight excluding hydrogens is 434 g/mol. The van der Waals surface area contributed by atoms with Crippen molar-refractivity contribution in [2.24, 2.45) is 0 Å². The van der Waals surface area contributed by atoms with Crippen LogP contribution >= 0.6 is 24.0 Å². The normalized spacial score (nSPS) is 15.0. The van der Waals surface area contributed by atoms with Crippen LogP contribution < -0.4 is 9.64 Å². The van der Waals surface area contributed by atoms with Crippen LogP contribution in [0.25, 0.3) is 16.8 Å². The molecule has 4 aromatic carbocycles. The third-order valence-corrected chi connectivity index (χ3v) is 6.53. The summed E-state index contributed by atoms with van der Waals surface area (Å²) in [5.41, 5.74) is 2.86. The van der Waals surface area contributed by atoms with Gasteiger partial charge in [0.25, 0.3) is 5.91 Å². The molecule has 0 spiro atoms. The number of carbonyl (C=O) groups excluding carboxylic acids is 1. The topological polar surface area (TPSA) is 29.5 Å². The van der Waals surface area contributed by atoms with E-state index in [1.165, 1.54) is 11.8 Å². The first-order chi connectivity index (χ1) is 15.7.